The predicted molar refractivity (Wildman–Crippen MR) is 67.0 cm³/mol. The van der Waals surface area contributed by atoms with E-state index < -0.39 is 8.07 Å². The first kappa shape index (κ1) is 11.0. The van der Waals surface area contributed by atoms with E-state index in [1.165, 1.54) is 10.8 Å². The zero-order chi connectivity index (χ0) is 10.6. The maximum Gasteiger partial charge on any atom is 0.0819 e. The average molecular weight is 202 g/mol. The molecule has 1 aromatic rings. The Morgan fingerprint density at radius 2 is 1.71 bits per heavy atom. The van der Waals surface area contributed by atoms with Crippen LogP contribution in [0.5, 0.6) is 0 Å². The van der Waals surface area contributed by atoms with Gasteiger partial charge in [-0.15, -0.1) is 5.73 Å². The Balaban J connectivity index is 2.93. The van der Waals surface area contributed by atoms with Crippen molar-refractivity contribution < 1.29 is 0 Å². The van der Waals surface area contributed by atoms with Crippen LogP contribution in [0.3, 0.4) is 0 Å². The Hall–Kier alpha value is -1.04. The van der Waals surface area contributed by atoms with Crippen LogP contribution < -0.4 is 0 Å². The molecule has 0 aromatic heterocycles. The summed E-state index contributed by atoms with van der Waals surface area (Å²) in [6, 6.07) is 10.3. The van der Waals surface area contributed by atoms with Gasteiger partial charge in [0, 0.05) is 0 Å². The molecule has 1 heteroatoms. The summed E-state index contributed by atoms with van der Waals surface area (Å²) in [4.78, 5) is 0. The highest BCUT2D eigenvalue weighted by Crippen LogP contribution is 2.12. The van der Waals surface area contributed by atoms with Crippen molar-refractivity contribution in [3.05, 3.63) is 46.8 Å². The van der Waals surface area contributed by atoms with Gasteiger partial charge < -0.3 is 0 Å². The van der Waals surface area contributed by atoms with Gasteiger partial charge in [-0.3, -0.25) is 0 Å². The molecule has 0 fully saturated rings. The Morgan fingerprint density at radius 1 is 1.14 bits per heavy atom. The number of allylic oxidation sites excluding steroid dienone is 1. The van der Waals surface area contributed by atoms with E-state index in [4.69, 9.17) is 0 Å². The molecule has 1 rings (SSSR count). The fraction of sp³-hybridized carbons (Fsp3) is 0.308. The molecular weight excluding hydrogens is 184 g/mol. The molecule has 0 spiro atoms. The summed E-state index contributed by atoms with van der Waals surface area (Å²) in [5.41, 5.74) is 4.62. The zero-order valence-corrected chi connectivity index (χ0v) is 10.5. The van der Waals surface area contributed by atoms with Crippen molar-refractivity contribution in [1.29, 1.82) is 0 Å². The fourth-order valence-corrected chi connectivity index (χ4v) is 1.46. The number of benzene rings is 1. The van der Waals surface area contributed by atoms with E-state index in [0.717, 1.165) is 0 Å². The van der Waals surface area contributed by atoms with Gasteiger partial charge in [0.1, 0.15) is 0 Å². The third kappa shape index (κ3) is 3.37. The van der Waals surface area contributed by atoms with Crippen molar-refractivity contribution in [2.24, 2.45) is 0 Å². The van der Waals surface area contributed by atoms with Crippen LogP contribution in [0.4, 0.5) is 0 Å². The molecule has 0 saturated heterocycles. The molecule has 0 amide bonds. The third-order valence-corrected chi connectivity index (χ3v) is 4.77. The number of hydrogen-bond donors (Lipinski definition) is 0. The highest BCUT2D eigenvalue weighted by molar-refractivity contribution is 6.82. The van der Waals surface area contributed by atoms with Crippen molar-refractivity contribution >= 4 is 14.1 Å². The largest absolute Gasteiger partial charge is 0.126 e. The second-order valence-electron chi connectivity index (χ2n) is 4.57. The second-order valence-corrected chi connectivity index (χ2v) is 9.82. The van der Waals surface area contributed by atoms with Crippen LogP contribution in [0.15, 0.2) is 41.3 Å². The standard InChI is InChI=1S/C13H18Si/c1-12(14(2,3)4)10-11-13-8-6-5-7-9-13/h5-9,11H,1-4H3. The minimum absolute atomic E-state index is 1.14. The minimum atomic E-state index is -1.14. The molecular formula is C13H18Si. The topological polar surface area (TPSA) is 0 Å². The van der Waals surface area contributed by atoms with Crippen LogP contribution in [-0.2, 0) is 0 Å². The summed E-state index contributed by atoms with van der Waals surface area (Å²) < 4.78 is 0. The lowest BCUT2D eigenvalue weighted by molar-refractivity contribution is 1.54. The summed E-state index contributed by atoms with van der Waals surface area (Å²) in [7, 11) is -1.14. The summed E-state index contributed by atoms with van der Waals surface area (Å²) in [6.45, 7) is 9.21. The van der Waals surface area contributed by atoms with Gasteiger partial charge in [-0.25, -0.2) is 0 Å². The fourth-order valence-electron chi connectivity index (χ4n) is 0.957. The van der Waals surface area contributed by atoms with Gasteiger partial charge in [0.15, 0.2) is 0 Å². The lowest BCUT2D eigenvalue weighted by Gasteiger charge is -2.13. The lowest BCUT2D eigenvalue weighted by atomic mass is 10.2. The molecule has 0 aliphatic carbocycles. The Labute approximate surface area is 88.0 Å². The Kier molecular flexibility index (Phi) is 3.51. The molecule has 0 radical (unpaired) electrons. The van der Waals surface area contributed by atoms with Crippen LogP contribution in [-0.4, -0.2) is 8.07 Å². The summed E-state index contributed by atoms with van der Waals surface area (Å²) >= 11 is 0. The second kappa shape index (κ2) is 4.45. The van der Waals surface area contributed by atoms with E-state index in [1.807, 2.05) is 6.07 Å². The van der Waals surface area contributed by atoms with E-state index >= 15 is 0 Å². The molecule has 0 bridgehead atoms. The van der Waals surface area contributed by atoms with Crippen LogP contribution in [0.1, 0.15) is 12.5 Å². The quantitative estimate of drug-likeness (QED) is 0.500. The van der Waals surface area contributed by atoms with Crippen molar-refractivity contribution in [3.63, 3.8) is 0 Å². The van der Waals surface area contributed by atoms with Gasteiger partial charge in [0.05, 0.1) is 8.07 Å². The molecule has 0 aliphatic heterocycles. The van der Waals surface area contributed by atoms with Crippen LogP contribution >= 0.6 is 0 Å². The van der Waals surface area contributed by atoms with Gasteiger partial charge in [-0.2, -0.15) is 0 Å². The molecule has 0 heterocycles. The van der Waals surface area contributed by atoms with Crippen LogP contribution in [0, 0.1) is 0 Å². The number of hydrogen-bond acceptors (Lipinski definition) is 0. The lowest BCUT2D eigenvalue weighted by Crippen LogP contribution is -2.21. The minimum Gasteiger partial charge on any atom is -0.126 e. The van der Waals surface area contributed by atoms with Crippen molar-refractivity contribution in [2.75, 3.05) is 0 Å². The monoisotopic (exact) mass is 202 g/mol. The number of rotatable bonds is 2. The molecule has 0 unspecified atom stereocenters. The average Bonchev–Trinajstić information content (AvgIpc) is 2.14. The molecule has 74 valence electrons. The predicted octanol–water partition coefficient (Wildman–Crippen LogP) is 4.12. The summed E-state index contributed by atoms with van der Waals surface area (Å²) in [6.07, 6.45) is 2.08. The first-order valence-electron chi connectivity index (χ1n) is 4.99. The van der Waals surface area contributed by atoms with Gasteiger partial charge in [-0.05, 0) is 23.8 Å². The van der Waals surface area contributed by atoms with Crippen LogP contribution in [0.2, 0.25) is 19.6 Å². The SMILES string of the molecule is CC(=C=Cc1ccccc1)[Si](C)(C)C. The molecule has 0 atom stereocenters. The van der Waals surface area contributed by atoms with E-state index in [1.54, 1.807) is 0 Å². The van der Waals surface area contributed by atoms with E-state index in [0.29, 0.717) is 0 Å². The smallest absolute Gasteiger partial charge is 0.0819 e. The molecule has 1 aromatic carbocycles. The molecule has 0 N–H and O–H groups in total. The van der Waals surface area contributed by atoms with Crippen molar-refractivity contribution in [1.82, 2.24) is 0 Å². The third-order valence-electron chi connectivity index (χ3n) is 2.38. The Bertz CT molecular complexity index is 349. The van der Waals surface area contributed by atoms with Gasteiger partial charge in [-0.1, -0.05) is 50.0 Å². The summed E-state index contributed by atoms with van der Waals surface area (Å²) in [5.74, 6) is 0. The van der Waals surface area contributed by atoms with Crippen molar-refractivity contribution in [2.45, 2.75) is 26.6 Å². The van der Waals surface area contributed by atoms with Crippen LogP contribution in [0.25, 0.3) is 6.08 Å². The molecule has 0 aliphatic rings. The van der Waals surface area contributed by atoms with Gasteiger partial charge in [0.25, 0.3) is 0 Å². The first-order chi connectivity index (χ1) is 6.50. The van der Waals surface area contributed by atoms with Crippen molar-refractivity contribution in [3.8, 4) is 0 Å². The summed E-state index contributed by atoms with van der Waals surface area (Å²) in [5, 5.41) is 1.42. The van der Waals surface area contributed by atoms with Gasteiger partial charge >= 0.3 is 0 Å². The van der Waals surface area contributed by atoms with Gasteiger partial charge in [0.2, 0.25) is 0 Å². The maximum absolute atomic E-state index is 3.39. The van der Waals surface area contributed by atoms with E-state index in [9.17, 15) is 0 Å². The van der Waals surface area contributed by atoms with E-state index in [-0.39, 0.29) is 0 Å². The normalized spacial score (nSPS) is 10.6. The molecule has 0 saturated carbocycles. The zero-order valence-electron chi connectivity index (χ0n) is 9.46. The first-order valence-corrected chi connectivity index (χ1v) is 8.49. The molecule has 14 heavy (non-hydrogen) atoms. The maximum atomic E-state index is 3.39. The molecule has 0 nitrogen and oxygen atoms in total. The highest BCUT2D eigenvalue weighted by atomic mass is 28.3. The van der Waals surface area contributed by atoms with E-state index in [2.05, 4.69) is 62.6 Å². The highest BCUT2D eigenvalue weighted by Gasteiger charge is 2.14. The Morgan fingerprint density at radius 3 is 2.21 bits per heavy atom.